The zero-order valence-corrected chi connectivity index (χ0v) is 40.9. The molecule has 4 aliphatic heterocycles. The van der Waals surface area contributed by atoms with Gasteiger partial charge in [0.15, 0.2) is 19.6 Å². The van der Waals surface area contributed by atoms with Gasteiger partial charge in [-0.3, -0.25) is 0 Å². The highest BCUT2D eigenvalue weighted by atomic mass is 32.2. The highest BCUT2D eigenvalue weighted by molar-refractivity contribution is 7.97. The summed E-state index contributed by atoms with van der Waals surface area (Å²) in [5.74, 6) is 11.5. The Labute approximate surface area is 374 Å². The molecule has 4 heterocycles. The van der Waals surface area contributed by atoms with Crippen LogP contribution in [0.2, 0.25) is 0 Å². The molecule has 0 atom stereocenters. The Bertz CT molecular complexity index is 1520. The van der Waals surface area contributed by atoms with Crippen molar-refractivity contribution in [1.82, 2.24) is 0 Å². The van der Waals surface area contributed by atoms with Crippen LogP contribution in [-0.4, -0.2) is 65.2 Å². The molecule has 8 rings (SSSR count). The summed E-state index contributed by atoms with van der Waals surface area (Å²) in [7, 11) is -1.58. The molecule has 4 aliphatic rings. The molecule has 336 valence electrons. The van der Waals surface area contributed by atoms with Crippen LogP contribution in [0.1, 0.15) is 99.3 Å². The first-order chi connectivity index (χ1) is 27.4. The summed E-state index contributed by atoms with van der Waals surface area (Å²) in [6.45, 7) is 8.64. The molecular weight excluding hydrogens is 854 g/mol. The van der Waals surface area contributed by atoms with Crippen molar-refractivity contribution in [2.45, 2.75) is 124 Å². The number of hydrogen-bond donors (Lipinski definition) is 0. The monoisotopic (exact) mass is 924 g/mol. The molecule has 0 aliphatic carbocycles. The maximum Gasteiger partial charge on any atom is 0.154 e. The van der Waals surface area contributed by atoms with E-state index in [9.17, 15) is 0 Å². The Morgan fingerprint density at radius 1 is 0.333 bits per heavy atom. The smallest absolute Gasteiger partial charge is 0.154 e. The first kappa shape index (κ1) is 56.0. The summed E-state index contributed by atoms with van der Waals surface area (Å²) in [6, 6.07) is 36.6. The van der Waals surface area contributed by atoms with E-state index in [0.29, 0.717) is 49.8 Å². The topological polar surface area (TPSA) is 57.2 Å². The van der Waals surface area contributed by atoms with Gasteiger partial charge >= 0.3 is 0 Å². The van der Waals surface area contributed by atoms with Gasteiger partial charge in [0.25, 0.3) is 0 Å². The fourth-order valence-corrected chi connectivity index (χ4v) is 16.4. The van der Waals surface area contributed by atoms with E-state index in [-0.39, 0.29) is 14.1 Å². The van der Waals surface area contributed by atoms with Crippen molar-refractivity contribution < 1.29 is 27.1 Å². The van der Waals surface area contributed by atoms with Gasteiger partial charge in [0.2, 0.25) is 0 Å². The van der Waals surface area contributed by atoms with E-state index in [1.807, 2.05) is 0 Å². The van der Waals surface area contributed by atoms with Crippen LogP contribution < -0.4 is 14.1 Å². The van der Waals surface area contributed by atoms with Crippen molar-refractivity contribution in [3.05, 3.63) is 119 Å². The van der Waals surface area contributed by atoms with Gasteiger partial charge in [-0.05, 0) is 153 Å². The Hall–Kier alpha value is -2.02. The Morgan fingerprint density at radius 3 is 0.600 bits per heavy atom. The van der Waals surface area contributed by atoms with Crippen LogP contribution in [0.4, 0.5) is 0 Å². The van der Waals surface area contributed by atoms with Crippen LogP contribution in [0.3, 0.4) is 0 Å². The van der Waals surface area contributed by atoms with Crippen LogP contribution in [0.25, 0.3) is 0 Å². The summed E-state index contributed by atoms with van der Waals surface area (Å²) in [4.78, 5) is 6.35. The third-order valence-electron chi connectivity index (χ3n) is 10.5. The number of hydrogen-bond acceptors (Lipinski definition) is 3. The van der Waals surface area contributed by atoms with E-state index in [4.69, 9.17) is 13.0 Å². The first-order valence-electron chi connectivity index (χ1n) is 21.3. The lowest BCUT2D eigenvalue weighted by molar-refractivity contribution is -0.001000. The number of halogens is 3. The highest BCUT2D eigenvalue weighted by Crippen LogP contribution is 2.25. The van der Waals surface area contributed by atoms with Crippen LogP contribution in [-0.2, 0) is 53.7 Å². The number of aryl methyl sites for hydroxylation is 4. The molecule has 0 radical (unpaired) electrons. The van der Waals surface area contributed by atoms with Crippen molar-refractivity contribution in [2.24, 2.45) is 0 Å². The standard InChI is InChI=1S/4C12H17S.CH4O3S.3FH/c4*1-11-5-7-12(8-6-11)13-9-3-2-4-10-13;1-5(2,3)4;;;/h4*5-8H,2-4,9-10H2,1H3;1H3,(H,2,3,4);3*1H/q4*+1;;;;/p-4. The summed E-state index contributed by atoms with van der Waals surface area (Å²) in [5, 5.41) is 0. The molecule has 0 N–H and O–H groups in total. The molecule has 0 spiro atoms. The third-order valence-corrected chi connectivity index (χ3v) is 20.6. The fraction of sp³-hybridized carbons (Fsp3) is 0.510. The predicted octanol–water partition coefficient (Wildman–Crippen LogP) is 2.80. The summed E-state index contributed by atoms with van der Waals surface area (Å²) in [5.41, 5.74) is 5.52. The van der Waals surface area contributed by atoms with Gasteiger partial charge in [0.1, 0.15) is 46.0 Å². The molecule has 0 unspecified atom stereocenters. The normalized spacial score (nSPS) is 17.3. The molecule has 4 saturated heterocycles. The van der Waals surface area contributed by atoms with E-state index in [0.717, 1.165) is 0 Å². The van der Waals surface area contributed by atoms with E-state index in [2.05, 4.69) is 125 Å². The predicted molar refractivity (Wildman–Crippen MR) is 257 cm³/mol. The fourth-order valence-electron chi connectivity index (χ4n) is 7.19. The van der Waals surface area contributed by atoms with Gasteiger partial charge in [-0.15, -0.1) is 0 Å². The summed E-state index contributed by atoms with van der Waals surface area (Å²) in [6.07, 6.45) is 18.0. The van der Waals surface area contributed by atoms with E-state index < -0.39 is 10.1 Å². The lowest BCUT2D eigenvalue weighted by Gasteiger charge is -2.12. The molecule has 3 nitrogen and oxygen atoms in total. The van der Waals surface area contributed by atoms with E-state index in [1.165, 1.54) is 145 Å². The van der Waals surface area contributed by atoms with Gasteiger partial charge in [0, 0.05) is 49.8 Å². The summed E-state index contributed by atoms with van der Waals surface area (Å²) < 4.78 is 27.2. The molecule has 4 fully saturated rings. The molecular formula is C49H71F3O3S5. The summed E-state index contributed by atoms with van der Waals surface area (Å²) >= 11 is 0. The largest absolute Gasteiger partial charge is 1.00 e. The minimum absolute atomic E-state index is 0. The molecule has 4 aromatic carbocycles. The third kappa shape index (κ3) is 22.9. The quantitative estimate of drug-likeness (QED) is 0.234. The molecule has 0 saturated carbocycles. The molecule has 0 bridgehead atoms. The lowest BCUT2D eigenvalue weighted by Crippen LogP contribution is -3.00. The SMILES string of the molecule is CS(=O)(=O)[O-].Cc1ccc([S+]2CCCCC2)cc1.Cc1ccc([S+]2CCCCC2)cc1.Cc1ccc([S+]2CCCCC2)cc1.Cc1ccc([S+]2CCCCC2)cc1.[F-].[F-].[F-]. The zero-order chi connectivity index (χ0) is 40.9. The second-order valence-corrected chi connectivity index (χ2v) is 26.3. The molecule has 0 amide bonds. The Morgan fingerprint density at radius 2 is 0.467 bits per heavy atom. The zero-order valence-electron chi connectivity index (χ0n) is 36.8. The maximum absolute atomic E-state index is 9.08. The first-order valence-corrected chi connectivity index (χ1v) is 29.4. The maximum atomic E-state index is 9.08. The molecule has 11 heteroatoms. The second kappa shape index (κ2) is 30.9. The van der Waals surface area contributed by atoms with E-state index >= 15 is 0 Å². The van der Waals surface area contributed by atoms with Crippen LogP contribution in [0.15, 0.2) is 117 Å². The average molecular weight is 925 g/mol. The molecule has 0 aromatic heterocycles. The van der Waals surface area contributed by atoms with Crippen molar-refractivity contribution in [3.8, 4) is 0 Å². The van der Waals surface area contributed by atoms with Crippen molar-refractivity contribution in [1.29, 1.82) is 0 Å². The number of rotatable bonds is 4. The van der Waals surface area contributed by atoms with Crippen LogP contribution >= 0.6 is 0 Å². The molecule has 4 aromatic rings. The van der Waals surface area contributed by atoms with Gasteiger partial charge in [-0.1, -0.05) is 70.8 Å². The minimum Gasteiger partial charge on any atom is -1.00 e. The lowest BCUT2D eigenvalue weighted by atomic mass is 10.2. The van der Waals surface area contributed by atoms with Crippen LogP contribution in [0.5, 0.6) is 0 Å². The van der Waals surface area contributed by atoms with Gasteiger partial charge in [-0.2, -0.15) is 0 Å². The minimum atomic E-state index is -3.92. The number of benzene rings is 4. The van der Waals surface area contributed by atoms with E-state index in [1.54, 1.807) is 19.6 Å². The van der Waals surface area contributed by atoms with Gasteiger partial charge in [0.05, 0.1) is 10.1 Å². The van der Waals surface area contributed by atoms with Crippen molar-refractivity contribution >= 4 is 53.7 Å². The van der Waals surface area contributed by atoms with Crippen LogP contribution in [0, 0.1) is 27.7 Å². The average Bonchev–Trinajstić information content (AvgIpc) is 3.23. The molecule has 60 heavy (non-hydrogen) atoms. The highest BCUT2D eigenvalue weighted by Gasteiger charge is 2.26. The Balaban J connectivity index is 0.000000379. The van der Waals surface area contributed by atoms with Gasteiger partial charge in [-0.25, -0.2) is 8.42 Å². The van der Waals surface area contributed by atoms with Gasteiger partial charge < -0.3 is 18.7 Å². The van der Waals surface area contributed by atoms with Crippen molar-refractivity contribution in [2.75, 3.05) is 52.3 Å². The Kier molecular flexibility index (Phi) is 28.9. The van der Waals surface area contributed by atoms with Crippen molar-refractivity contribution in [3.63, 3.8) is 0 Å². The second-order valence-electron chi connectivity index (χ2n) is 15.8.